The normalized spacial score (nSPS) is 27.3. The SMILES string of the molecule is CCCCOC1CCC(/C=C/C2CCC(C(=O)Oc3ccc(Cl)c(F)c3)CC2)CC1. The Morgan fingerprint density at radius 3 is 2.30 bits per heavy atom. The lowest BCUT2D eigenvalue weighted by Crippen LogP contribution is -2.25. The van der Waals surface area contributed by atoms with E-state index in [0.29, 0.717) is 17.9 Å². The first kappa shape index (κ1) is 23.3. The van der Waals surface area contributed by atoms with Gasteiger partial charge in [0.15, 0.2) is 0 Å². The molecule has 0 saturated heterocycles. The highest BCUT2D eigenvalue weighted by molar-refractivity contribution is 6.30. The van der Waals surface area contributed by atoms with Crippen molar-refractivity contribution in [2.24, 2.45) is 17.8 Å². The number of unbranched alkanes of at least 4 members (excludes halogenated alkanes) is 1. The topological polar surface area (TPSA) is 35.5 Å². The second-order valence-electron chi connectivity index (χ2n) is 8.75. The largest absolute Gasteiger partial charge is 0.426 e. The summed E-state index contributed by atoms with van der Waals surface area (Å²) in [5, 5.41) is 0.0274. The van der Waals surface area contributed by atoms with Crippen molar-refractivity contribution in [2.75, 3.05) is 6.61 Å². The summed E-state index contributed by atoms with van der Waals surface area (Å²) < 4.78 is 24.8. The van der Waals surface area contributed by atoms with E-state index >= 15 is 0 Å². The molecule has 0 amide bonds. The molecule has 0 aromatic heterocycles. The number of ether oxygens (including phenoxy) is 2. The Hall–Kier alpha value is -1.39. The summed E-state index contributed by atoms with van der Waals surface area (Å²) in [7, 11) is 0. The van der Waals surface area contributed by atoms with Gasteiger partial charge in [0.1, 0.15) is 11.6 Å². The summed E-state index contributed by atoms with van der Waals surface area (Å²) >= 11 is 5.67. The van der Waals surface area contributed by atoms with Gasteiger partial charge in [-0.05, 0) is 81.8 Å². The van der Waals surface area contributed by atoms with E-state index in [1.54, 1.807) is 0 Å². The molecule has 2 aliphatic carbocycles. The molecule has 0 radical (unpaired) electrons. The highest BCUT2D eigenvalue weighted by Crippen LogP contribution is 2.33. The second kappa shape index (κ2) is 11.9. The van der Waals surface area contributed by atoms with E-state index in [-0.39, 0.29) is 22.7 Å². The van der Waals surface area contributed by atoms with Gasteiger partial charge in [0.2, 0.25) is 0 Å². The van der Waals surface area contributed by atoms with Crippen LogP contribution >= 0.6 is 11.6 Å². The highest BCUT2D eigenvalue weighted by Gasteiger charge is 2.27. The Labute approximate surface area is 185 Å². The van der Waals surface area contributed by atoms with E-state index < -0.39 is 5.82 Å². The van der Waals surface area contributed by atoms with E-state index in [1.807, 2.05) is 0 Å². The molecule has 3 rings (SSSR count). The van der Waals surface area contributed by atoms with Crippen molar-refractivity contribution in [2.45, 2.75) is 77.2 Å². The highest BCUT2D eigenvalue weighted by atomic mass is 35.5. The first-order valence-corrected chi connectivity index (χ1v) is 11.9. The number of allylic oxidation sites excluding steroid dienone is 2. The smallest absolute Gasteiger partial charge is 0.314 e. The molecule has 0 atom stereocenters. The molecule has 0 bridgehead atoms. The summed E-state index contributed by atoms with van der Waals surface area (Å²) in [4.78, 5) is 12.4. The summed E-state index contributed by atoms with van der Waals surface area (Å²) in [6, 6.07) is 4.10. The Morgan fingerprint density at radius 2 is 1.70 bits per heavy atom. The molecule has 166 valence electrons. The number of benzene rings is 1. The van der Waals surface area contributed by atoms with Gasteiger partial charge < -0.3 is 9.47 Å². The molecular weight excluding hydrogens is 403 g/mol. The maximum Gasteiger partial charge on any atom is 0.314 e. The maximum atomic E-state index is 13.5. The number of hydrogen-bond acceptors (Lipinski definition) is 3. The van der Waals surface area contributed by atoms with Gasteiger partial charge in [0.05, 0.1) is 17.0 Å². The Kier molecular flexibility index (Phi) is 9.20. The van der Waals surface area contributed by atoms with E-state index in [9.17, 15) is 9.18 Å². The molecule has 2 fully saturated rings. The first-order chi connectivity index (χ1) is 14.5. The molecule has 1 aromatic carbocycles. The molecule has 30 heavy (non-hydrogen) atoms. The fraction of sp³-hybridized carbons (Fsp3) is 0.640. The van der Waals surface area contributed by atoms with Crippen LogP contribution in [0.15, 0.2) is 30.4 Å². The first-order valence-electron chi connectivity index (χ1n) is 11.5. The molecule has 0 N–H and O–H groups in total. The fourth-order valence-electron chi connectivity index (χ4n) is 4.44. The van der Waals surface area contributed by atoms with Crippen LogP contribution in [0.2, 0.25) is 5.02 Å². The number of carbonyl (C=O) groups is 1. The number of hydrogen-bond donors (Lipinski definition) is 0. The molecule has 1 aromatic rings. The number of carbonyl (C=O) groups excluding carboxylic acids is 1. The third kappa shape index (κ3) is 7.09. The van der Waals surface area contributed by atoms with Crippen LogP contribution in [0, 0.1) is 23.6 Å². The Bertz CT molecular complexity index is 704. The predicted molar refractivity (Wildman–Crippen MR) is 118 cm³/mol. The van der Waals surface area contributed by atoms with Gasteiger partial charge in [-0.1, -0.05) is 37.1 Å². The third-order valence-electron chi connectivity index (χ3n) is 6.44. The summed E-state index contributed by atoms with van der Waals surface area (Å²) in [6.45, 7) is 3.10. The monoisotopic (exact) mass is 436 g/mol. The third-order valence-corrected chi connectivity index (χ3v) is 6.75. The van der Waals surface area contributed by atoms with Gasteiger partial charge in [0, 0.05) is 12.7 Å². The molecule has 2 saturated carbocycles. The zero-order valence-electron chi connectivity index (χ0n) is 18.0. The number of esters is 1. The van der Waals surface area contributed by atoms with Gasteiger partial charge in [-0.2, -0.15) is 0 Å². The van der Waals surface area contributed by atoms with E-state index in [2.05, 4.69) is 19.1 Å². The van der Waals surface area contributed by atoms with Crippen LogP contribution in [0.5, 0.6) is 5.75 Å². The lowest BCUT2D eigenvalue weighted by molar-refractivity contribution is -0.140. The van der Waals surface area contributed by atoms with Crippen molar-refractivity contribution in [3.63, 3.8) is 0 Å². The van der Waals surface area contributed by atoms with E-state index in [1.165, 1.54) is 44.2 Å². The molecule has 0 aliphatic heterocycles. The van der Waals surface area contributed by atoms with Crippen molar-refractivity contribution in [3.05, 3.63) is 41.2 Å². The van der Waals surface area contributed by atoms with Crippen LogP contribution in [-0.2, 0) is 9.53 Å². The van der Waals surface area contributed by atoms with E-state index in [0.717, 1.165) is 44.8 Å². The molecule has 0 spiro atoms. The second-order valence-corrected chi connectivity index (χ2v) is 9.16. The average Bonchev–Trinajstić information content (AvgIpc) is 2.76. The van der Waals surface area contributed by atoms with Crippen molar-refractivity contribution in [1.29, 1.82) is 0 Å². The van der Waals surface area contributed by atoms with Crippen LogP contribution in [0.1, 0.15) is 71.1 Å². The predicted octanol–water partition coefficient (Wildman–Crippen LogP) is 7.12. The Morgan fingerprint density at radius 1 is 1.07 bits per heavy atom. The van der Waals surface area contributed by atoms with Gasteiger partial charge in [0.25, 0.3) is 0 Å². The lowest BCUT2D eigenvalue weighted by Gasteiger charge is -2.28. The maximum absolute atomic E-state index is 13.5. The van der Waals surface area contributed by atoms with Crippen LogP contribution in [0.25, 0.3) is 0 Å². The van der Waals surface area contributed by atoms with Gasteiger partial charge in [-0.15, -0.1) is 0 Å². The molecule has 0 heterocycles. The number of halogens is 2. The average molecular weight is 437 g/mol. The standard InChI is InChI=1S/C25H34ClFO3/c1-2-3-16-29-21-12-8-19(9-13-21)5-4-18-6-10-20(11-7-18)25(28)30-22-14-15-23(26)24(27)17-22/h4-5,14-15,17-21H,2-3,6-13,16H2,1H3/b5-4+. The van der Waals surface area contributed by atoms with Crippen LogP contribution in [-0.4, -0.2) is 18.7 Å². The summed E-state index contributed by atoms with van der Waals surface area (Å²) in [5.74, 6) is 0.485. The lowest BCUT2D eigenvalue weighted by atomic mass is 9.80. The summed E-state index contributed by atoms with van der Waals surface area (Å²) in [6.07, 6.45) is 16.0. The van der Waals surface area contributed by atoms with Crippen LogP contribution in [0.4, 0.5) is 4.39 Å². The van der Waals surface area contributed by atoms with Crippen molar-refractivity contribution in [1.82, 2.24) is 0 Å². The minimum atomic E-state index is -0.572. The molecule has 3 nitrogen and oxygen atoms in total. The van der Waals surface area contributed by atoms with E-state index in [4.69, 9.17) is 21.1 Å². The Balaban J connectivity index is 1.36. The quantitative estimate of drug-likeness (QED) is 0.188. The minimum Gasteiger partial charge on any atom is -0.426 e. The fourth-order valence-corrected chi connectivity index (χ4v) is 4.56. The zero-order chi connectivity index (χ0) is 21.3. The van der Waals surface area contributed by atoms with Crippen molar-refractivity contribution >= 4 is 17.6 Å². The molecule has 2 aliphatic rings. The van der Waals surface area contributed by atoms with Gasteiger partial charge in [-0.3, -0.25) is 4.79 Å². The molecular formula is C25H34ClFO3. The minimum absolute atomic E-state index is 0.0274. The van der Waals surface area contributed by atoms with Crippen molar-refractivity contribution < 1.29 is 18.7 Å². The van der Waals surface area contributed by atoms with Crippen LogP contribution in [0.3, 0.4) is 0 Å². The van der Waals surface area contributed by atoms with Gasteiger partial charge in [-0.25, -0.2) is 4.39 Å². The van der Waals surface area contributed by atoms with Crippen LogP contribution < -0.4 is 4.74 Å². The number of rotatable bonds is 8. The zero-order valence-corrected chi connectivity index (χ0v) is 18.7. The van der Waals surface area contributed by atoms with Gasteiger partial charge >= 0.3 is 5.97 Å². The molecule has 0 unspecified atom stereocenters. The van der Waals surface area contributed by atoms with Crippen molar-refractivity contribution in [3.8, 4) is 5.75 Å². The molecule has 5 heteroatoms. The summed E-state index contributed by atoms with van der Waals surface area (Å²) in [5.41, 5.74) is 0.